The van der Waals surface area contributed by atoms with Gasteiger partial charge in [-0.2, -0.15) is 4.31 Å². The molecule has 1 aliphatic heterocycles. The Hall–Kier alpha value is -0.700. The molecule has 1 saturated heterocycles. The molecule has 0 amide bonds. The van der Waals surface area contributed by atoms with Crippen molar-refractivity contribution in [3.8, 4) is 0 Å². The zero-order valence-electron chi connectivity index (χ0n) is 11.2. The van der Waals surface area contributed by atoms with Crippen molar-refractivity contribution in [2.75, 3.05) is 32.6 Å². The van der Waals surface area contributed by atoms with Crippen LogP contribution in [0, 0.1) is 0 Å². The fraction of sp³-hybridized carbons (Fsp3) is 0.909. The average Bonchev–Trinajstić information content (AvgIpc) is 2.38. The van der Waals surface area contributed by atoms with Crippen molar-refractivity contribution in [2.45, 2.75) is 31.9 Å². The number of esters is 1. The average molecular weight is 295 g/mol. The van der Waals surface area contributed by atoms with E-state index >= 15 is 0 Å². The highest BCUT2D eigenvalue weighted by Crippen LogP contribution is 2.17. The molecule has 1 aliphatic rings. The van der Waals surface area contributed by atoms with Crippen LogP contribution >= 0.6 is 0 Å². The largest absolute Gasteiger partial charge is 0.469 e. The van der Waals surface area contributed by atoms with Gasteiger partial charge in [0.2, 0.25) is 10.0 Å². The third kappa shape index (κ3) is 4.72. The van der Waals surface area contributed by atoms with Crippen LogP contribution in [0.1, 0.15) is 19.8 Å². The minimum absolute atomic E-state index is 0.0812. The molecule has 0 aromatic heterocycles. The fourth-order valence-electron chi connectivity index (χ4n) is 1.91. The Bertz CT molecular complexity index is 396. The van der Waals surface area contributed by atoms with Crippen molar-refractivity contribution in [2.24, 2.45) is 0 Å². The summed E-state index contributed by atoms with van der Waals surface area (Å²) in [7, 11) is -2.17. The number of carbonyl (C=O) groups excluding carboxylic acids is 1. The summed E-state index contributed by atoms with van der Waals surface area (Å²) in [5.74, 6) is -0.525. The van der Waals surface area contributed by atoms with E-state index in [1.54, 1.807) is 6.92 Å². The molecule has 7 nitrogen and oxygen atoms in total. The van der Waals surface area contributed by atoms with E-state index < -0.39 is 22.1 Å². The quantitative estimate of drug-likeness (QED) is 0.655. The number of nitrogens with zero attached hydrogens (tertiary/aromatic N) is 1. The van der Waals surface area contributed by atoms with Crippen LogP contribution in [0.5, 0.6) is 0 Å². The molecular weight excluding hydrogens is 274 g/mol. The molecule has 0 radical (unpaired) electrons. The molecule has 0 spiro atoms. The Balaban J connectivity index is 2.57. The van der Waals surface area contributed by atoms with Crippen molar-refractivity contribution < 1.29 is 27.8 Å². The number of ether oxygens (including phenoxy) is 2. The maximum atomic E-state index is 12.2. The first-order chi connectivity index (χ1) is 8.90. The summed E-state index contributed by atoms with van der Waals surface area (Å²) >= 11 is 0. The van der Waals surface area contributed by atoms with Crippen LogP contribution in [0.25, 0.3) is 0 Å². The molecule has 1 rings (SSSR count). The van der Waals surface area contributed by atoms with Crippen LogP contribution in [0.4, 0.5) is 0 Å². The normalized spacial score (nSPS) is 25.2. The number of morpholine rings is 1. The van der Waals surface area contributed by atoms with Crippen LogP contribution in [0.15, 0.2) is 0 Å². The molecule has 0 saturated carbocycles. The molecule has 19 heavy (non-hydrogen) atoms. The van der Waals surface area contributed by atoms with Gasteiger partial charge in [0.05, 0.1) is 32.2 Å². The second-order valence-corrected chi connectivity index (χ2v) is 6.59. The van der Waals surface area contributed by atoms with Gasteiger partial charge in [0.25, 0.3) is 0 Å². The van der Waals surface area contributed by atoms with Crippen molar-refractivity contribution in [1.82, 2.24) is 4.31 Å². The summed E-state index contributed by atoms with van der Waals surface area (Å²) in [6.07, 6.45) is -0.174. The lowest BCUT2D eigenvalue weighted by Gasteiger charge is -2.36. The van der Waals surface area contributed by atoms with E-state index in [2.05, 4.69) is 4.74 Å². The second kappa shape index (κ2) is 7.18. The van der Waals surface area contributed by atoms with E-state index in [4.69, 9.17) is 9.84 Å². The number of hydrogen-bond donors (Lipinski definition) is 1. The summed E-state index contributed by atoms with van der Waals surface area (Å²) in [4.78, 5) is 11.0. The van der Waals surface area contributed by atoms with Gasteiger partial charge in [-0.1, -0.05) is 0 Å². The molecule has 112 valence electrons. The zero-order valence-corrected chi connectivity index (χ0v) is 12.1. The lowest BCUT2D eigenvalue weighted by Crippen LogP contribution is -2.52. The van der Waals surface area contributed by atoms with Crippen LogP contribution in [0.2, 0.25) is 0 Å². The van der Waals surface area contributed by atoms with Gasteiger partial charge in [-0.3, -0.25) is 4.79 Å². The fourth-order valence-corrected chi connectivity index (χ4v) is 3.65. The van der Waals surface area contributed by atoms with Gasteiger partial charge in [0.1, 0.15) is 0 Å². The lowest BCUT2D eigenvalue weighted by atomic mass is 10.2. The monoisotopic (exact) mass is 295 g/mol. The van der Waals surface area contributed by atoms with Crippen LogP contribution in [0.3, 0.4) is 0 Å². The van der Waals surface area contributed by atoms with Gasteiger partial charge in [0, 0.05) is 19.0 Å². The Kier molecular flexibility index (Phi) is 6.18. The summed E-state index contributed by atoms with van der Waals surface area (Å²) in [5, 5.41) is 9.03. The maximum Gasteiger partial charge on any atom is 0.305 e. The van der Waals surface area contributed by atoms with Crippen molar-refractivity contribution in [1.29, 1.82) is 0 Å². The molecule has 2 unspecified atom stereocenters. The number of hydrogen-bond acceptors (Lipinski definition) is 6. The van der Waals surface area contributed by atoms with Crippen LogP contribution in [-0.4, -0.2) is 68.6 Å². The first-order valence-corrected chi connectivity index (χ1v) is 7.80. The van der Waals surface area contributed by atoms with Gasteiger partial charge < -0.3 is 14.6 Å². The predicted molar refractivity (Wildman–Crippen MR) is 68.0 cm³/mol. The molecular formula is C11H21NO6S. The summed E-state index contributed by atoms with van der Waals surface area (Å²) in [6, 6.07) is -0.258. The Morgan fingerprint density at radius 2 is 2.21 bits per heavy atom. The topological polar surface area (TPSA) is 93.1 Å². The van der Waals surface area contributed by atoms with Gasteiger partial charge in [0.15, 0.2) is 0 Å². The molecule has 8 heteroatoms. The van der Waals surface area contributed by atoms with E-state index in [9.17, 15) is 13.2 Å². The van der Waals surface area contributed by atoms with Crippen molar-refractivity contribution >= 4 is 16.0 Å². The summed E-state index contributed by atoms with van der Waals surface area (Å²) in [5.41, 5.74) is 0. The number of aliphatic hydroxyl groups is 1. The molecule has 2 atom stereocenters. The van der Waals surface area contributed by atoms with E-state index in [-0.39, 0.29) is 44.4 Å². The highest BCUT2D eigenvalue weighted by molar-refractivity contribution is 7.89. The third-order valence-corrected chi connectivity index (χ3v) is 5.05. The first kappa shape index (κ1) is 16.4. The number of aliphatic hydroxyl groups excluding tert-OH is 1. The standard InChI is InChI=1S/C11H21NO6S/c1-9-8-18-10(7-13)6-12(9)19(15,16)5-3-4-11(14)17-2/h9-10,13H,3-8H2,1-2H3. The minimum atomic E-state index is -3.44. The van der Waals surface area contributed by atoms with Crippen LogP contribution < -0.4 is 0 Å². The van der Waals surface area contributed by atoms with Crippen LogP contribution in [-0.2, 0) is 24.3 Å². The molecule has 1 fully saturated rings. The predicted octanol–water partition coefficient (Wildman–Crippen LogP) is -0.649. The van der Waals surface area contributed by atoms with Crippen molar-refractivity contribution in [3.63, 3.8) is 0 Å². The third-order valence-electron chi connectivity index (χ3n) is 3.02. The molecule has 1 N–H and O–H groups in total. The molecule has 0 bridgehead atoms. The zero-order chi connectivity index (χ0) is 14.5. The summed E-state index contributed by atoms with van der Waals surface area (Å²) in [6.45, 7) is 1.96. The van der Waals surface area contributed by atoms with E-state index in [1.807, 2.05) is 0 Å². The summed E-state index contributed by atoms with van der Waals surface area (Å²) < 4.78 is 35.4. The van der Waals surface area contributed by atoms with Gasteiger partial charge in [-0.25, -0.2) is 8.42 Å². The number of methoxy groups -OCH3 is 1. The first-order valence-electron chi connectivity index (χ1n) is 6.19. The Labute approximate surface area is 113 Å². The molecule has 0 aliphatic carbocycles. The van der Waals surface area contributed by atoms with Crippen molar-refractivity contribution in [3.05, 3.63) is 0 Å². The molecule has 0 aromatic rings. The maximum absolute atomic E-state index is 12.2. The van der Waals surface area contributed by atoms with E-state index in [1.165, 1.54) is 11.4 Å². The highest BCUT2D eigenvalue weighted by Gasteiger charge is 2.33. The number of rotatable bonds is 6. The smallest absolute Gasteiger partial charge is 0.305 e. The van der Waals surface area contributed by atoms with Gasteiger partial charge >= 0.3 is 5.97 Å². The van der Waals surface area contributed by atoms with E-state index in [0.29, 0.717) is 0 Å². The Morgan fingerprint density at radius 3 is 2.79 bits per heavy atom. The highest BCUT2D eigenvalue weighted by atomic mass is 32.2. The van der Waals surface area contributed by atoms with E-state index in [0.717, 1.165) is 0 Å². The number of sulfonamides is 1. The van der Waals surface area contributed by atoms with Gasteiger partial charge in [-0.15, -0.1) is 0 Å². The van der Waals surface area contributed by atoms with Gasteiger partial charge in [-0.05, 0) is 13.3 Å². The molecule has 0 aromatic carbocycles. The molecule has 1 heterocycles. The minimum Gasteiger partial charge on any atom is -0.469 e. The Morgan fingerprint density at radius 1 is 1.53 bits per heavy atom. The number of carbonyl (C=O) groups is 1. The lowest BCUT2D eigenvalue weighted by molar-refractivity contribution is -0.140. The SMILES string of the molecule is COC(=O)CCCS(=O)(=O)N1CC(CO)OCC1C. The second-order valence-electron chi connectivity index (χ2n) is 4.55.